The zero-order valence-corrected chi connectivity index (χ0v) is 20.4. The first-order valence-corrected chi connectivity index (χ1v) is 12.8. The molecule has 1 atom stereocenters. The molecule has 0 unspecified atom stereocenters. The Labute approximate surface area is 209 Å². The number of nitrogens with one attached hydrogen (secondary N) is 4. The SMILES string of the molecule is Cc1cc(F)ccc1Oc1nnc(C(F)(F)F)c(NC2CNC2)c1C(=O)Nc1cccc([S@@](C)(=N)=O)c1. The van der Waals surface area contributed by atoms with Gasteiger partial charge < -0.3 is 20.7 Å². The monoisotopic (exact) mass is 538 g/mol. The Morgan fingerprint density at radius 1 is 1.19 bits per heavy atom. The average molecular weight is 539 g/mol. The minimum Gasteiger partial charge on any atom is -0.437 e. The van der Waals surface area contributed by atoms with Gasteiger partial charge in [-0.1, -0.05) is 6.07 Å². The number of benzene rings is 2. The zero-order chi connectivity index (χ0) is 27.0. The molecule has 196 valence electrons. The topological polar surface area (TPSA) is 129 Å². The summed E-state index contributed by atoms with van der Waals surface area (Å²) in [5.74, 6) is -2.05. The van der Waals surface area contributed by atoms with Crippen molar-refractivity contribution in [3.05, 3.63) is 65.1 Å². The molecule has 0 aliphatic carbocycles. The molecule has 14 heteroatoms. The Morgan fingerprint density at radius 3 is 2.51 bits per heavy atom. The molecule has 2 aromatic carbocycles. The number of aromatic nitrogens is 2. The van der Waals surface area contributed by atoms with Gasteiger partial charge in [-0.05, 0) is 48.9 Å². The van der Waals surface area contributed by atoms with Crippen molar-refractivity contribution in [2.45, 2.75) is 24.0 Å². The molecule has 1 aliphatic rings. The lowest BCUT2D eigenvalue weighted by molar-refractivity contribution is -0.141. The van der Waals surface area contributed by atoms with Crippen molar-refractivity contribution < 1.29 is 31.3 Å². The maximum Gasteiger partial charge on any atom is 0.437 e. The van der Waals surface area contributed by atoms with E-state index in [1.165, 1.54) is 43.5 Å². The molecular formula is C23H22F4N6O3S. The quantitative estimate of drug-likeness (QED) is 0.328. The van der Waals surface area contributed by atoms with Gasteiger partial charge in [0.1, 0.15) is 17.1 Å². The van der Waals surface area contributed by atoms with Crippen molar-refractivity contribution >= 4 is 27.0 Å². The van der Waals surface area contributed by atoms with Crippen LogP contribution >= 0.6 is 0 Å². The summed E-state index contributed by atoms with van der Waals surface area (Å²) in [6.07, 6.45) is -3.76. The predicted octanol–water partition coefficient (Wildman–Crippen LogP) is 4.41. The molecule has 3 aromatic rings. The lowest BCUT2D eigenvalue weighted by atomic mass is 10.1. The first-order chi connectivity index (χ1) is 17.3. The highest BCUT2D eigenvalue weighted by Crippen LogP contribution is 2.39. The van der Waals surface area contributed by atoms with E-state index in [0.29, 0.717) is 18.7 Å². The number of carbonyl (C=O) groups is 1. The molecule has 1 aliphatic heterocycles. The fraction of sp³-hybridized carbons (Fsp3) is 0.261. The molecule has 37 heavy (non-hydrogen) atoms. The Bertz CT molecular complexity index is 1460. The molecule has 2 heterocycles. The molecule has 4 N–H and O–H groups in total. The molecule has 1 saturated heterocycles. The lowest BCUT2D eigenvalue weighted by Crippen LogP contribution is -2.52. The fourth-order valence-corrected chi connectivity index (χ4v) is 4.17. The molecule has 0 saturated carbocycles. The van der Waals surface area contributed by atoms with Crippen LogP contribution in [0.2, 0.25) is 0 Å². The highest BCUT2D eigenvalue weighted by Gasteiger charge is 2.41. The third-order valence-electron chi connectivity index (χ3n) is 5.45. The van der Waals surface area contributed by atoms with Gasteiger partial charge in [0.2, 0.25) is 0 Å². The van der Waals surface area contributed by atoms with Crippen molar-refractivity contribution in [2.75, 3.05) is 30.0 Å². The van der Waals surface area contributed by atoms with E-state index in [4.69, 9.17) is 9.52 Å². The van der Waals surface area contributed by atoms with Crippen molar-refractivity contribution in [3.8, 4) is 11.6 Å². The molecule has 1 fully saturated rings. The van der Waals surface area contributed by atoms with Crippen LogP contribution in [0.5, 0.6) is 11.6 Å². The number of hydrogen-bond acceptors (Lipinski definition) is 8. The second kappa shape index (κ2) is 9.94. The maximum absolute atomic E-state index is 13.9. The van der Waals surface area contributed by atoms with E-state index >= 15 is 0 Å². The summed E-state index contributed by atoms with van der Waals surface area (Å²) in [6.45, 7) is 2.22. The summed E-state index contributed by atoms with van der Waals surface area (Å²) in [5.41, 5.74) is -2.21. The summed E-state index contributed by atoms with van der Waals surface area (Å²) in [6, 6.07) is 8.68. The van der Waals surface area contributed by atoms with Gasteiger partial charge in [0, 0.05) is 29.9 Å². The fourth-order valence-electron chi connectivity index (χ4n) is 3.48. The smallest absolute Gasteiger partial charge is 0.437 e. The van der Waals surface area contributed by atoms with Crippen LogP contribution in [0.25, 0.3) is 0 Å². The number of carbonyl (C=O) groups excluding carboxylic acids is 1. The van der Waals surface area contributed by atoms with E-state index in [2.05, 4.69) is 26.1 Å². The van der Waals surface area contributed by atoms with Crippen molar-refractivity contribution in [2.24, 2.45) is 0 Å². The van der Waals surface area contributed by atoms with E-state index < -0.39 is 56.5 Å². The normalized spacial score (nSPS) is 15.4. The number of nitrogens with zero attached hydrogens (tertiary/aromatic N) is 2. The average Bonchev–Trinajstić information content (AvgIpc) is 2.77. The van der Waals surface area contributed by atoms with Crippen LogP contribution in [-0.4, -0.2) is 45.7 Å². The number of halogens is 4. The standard InChI is InChI=1S/C23H22F4N6O3S/c1-12-8-13(24)6-7-17(12)36-22-18(21(34)31-14-4-3-5-16(9-14)37(2,28)35)19(30-15-10-29-11-15)20(32-33-22)23(25,26)27/h3-9,15,28-29H,10-11H2,1-2H3,(H,30,33)(H,31,34)/t37-/m0/s1. The molecule has 0 spiro atoms. The van der Waals surface area contributed by atoms with Crippen LogP contribution in [0.15, 0.2) is 47.4 Å². The Morgan fingerprint density at radius 2 is 1.92 bits per heavy atom. The van der Waals surface area contributed by atoms with Gasteiger partial charge >= 0.3 is 6.18 Å². The third-order valence-corrected chi connectivity index (χ3v) is 6.61. The van der Waals surface area contributed by atoms with Gasteiger partial charge in [-0.25, -0.2) is 13.4 Å². The molecule has 4 rings (SSSR count). The number of anilines is 2. The molecule has 0 bridgehead atoms. The number of aryl methyl sites for hydroxylation is 1. The molecule has 9 nitrogen and oxygen atoms in total. The van der Waals surface area contributed by atoms with E-state index in [1.54, 1.807) is 0 Å². The van der Waals surface area contributed by atoms with Gasteiger partial charge in [0.05, 0.1) is 21.5 Å². The number of rotatable bonds is 7. The molecule has 1 aromatic heterocycles. The van der Waals surface area contributed by atoms with Crippen LogP contribution in [0, 0.1) is 17.5 Å². The van der Waals surface area contributed by atoms with Gasteiger partial charge in [-0.3, -0.25) is 4.79 Å². The van der Waals surface area contributed by atoms with Crippen LogP contribution < -0.4 is 20.7 Å². The number of alkyl halides is 3. The minimum absolute atomic E-state index is 0.0581. The van der Waals surface area contributed by atoms with Crippen molar-refractivity contribution in [3.63, 3.8) is 0 Å². The Kier molecular flexibility index (Phi) is 7.06. The highest BCUT2D eigenvalue weighted by atomic mass is 32.2. The second-order valence-corrected chi connectivity index (χ2v) is 10.6. The number of amides is 1. The minimum atomic E-state index is -4.95. The van der Waals surface area contributed by atoms with Crippen LogP contribution in [-0.2, 0) is 15.9 Å². The second-order valence-electron chi connectivity index (χ2n) is 8.44. The molecular weight excluding hydrogens is 516 g/mol. The summed E-state index contributed by atoms with van der Waals surface area (Å²) in [5, 5.41) is 15.0. The zero-order valence-electron chi connectivity index (χ0n) is 19.6. The lowest BCUT2D eigenvalue weighted by Gasteiger charge is -2.30. The summed E-state index contributed by atoms with van der Waals surface area (Å²) in [7, 11) is -3.13. The van der Waals surface area contributed by atoms with E-state index in [0.717, 1.165) is 12.1 Å². The van der Waals surface area contributed by atoms with Gasteiger partial charge in [-0.15, -0.1) is 10.2 Å². The molecule has 0 radical (unpaired) electrons. The Hall–Kier alpha value is -3.78. The van der Waals surface area contributed by atoms with Crippen LogP contribution in [0.4, 0.5) is 28.9 Å². The first kappa shape index (κ1) is 26.3. The van der Waals surface area contributed by atoms with Crippen LogP contribution in [0.1, 0.15) is 21.6 Å². The number of hydrogen-bond donors (Lipinski definition) is 4. The van der Waals surface area contributed by atoms with Crippen molar-refractivity contribution in [1.82, 2.24) is 15.5 Å². The van der Waals surface area contributed by atoms with Gasteiger partial charge in [-0.2, -0.15) is 13.2 Å². The summed E-state index contributed by atoms with van der Waals surface area (Å²) < 4.78 is 80.9. The largest absolute Gasteiger partial charge is 0.437 e. The number of ether oxygens (including phenoxy) is 1. The first-order valence-electron chi connectivity index (χ1n) is 10.9. The van der Waals surface area contributed by atoms with Crippen molar-refractivity contribution in [1.29, 1.82) is 4.78 Å². The third kappa shape index (κ3) is 5.97. The maximum atomic E-state index is 13.9. The van der Waals surface area contributed by atoms with Gasteiger partial charge in [0.15, 0.2) is 5.69 Å². The summed E-state index contributed by atoms with van der Waals surface area (Å²) >= 11 is 0. The predicted molar refractivity (Wildman–Crippen MR) is 128 cm³/mol. The van der Waals surface area contributed by atoms with E-state index in [9.17, 15) is 26.6 Å². The van der Waals surface area contributed by atoms with E-state index in [1.807, 2.05) is 0 Å². The molecule has 1 amide bonds. The highest BCUT2D eigenvalue weighted by molar-refractivity contribution is 7.91. The summed E-state index contributed by atoms with van der Waals surface area (Å²) in [4.78, 5) is 13.6. The Balaban J connectivity index is 1.84. The van der Waals surface area contributed by atoms with E-state index in [-0.39, 0.29) is 16.3 Å². The van der Waals surface area contributed by atoms with Gasteiger partial charge in [0.25, 0.3) is 11.8 Å². The van der Waals surface area contributed by atoms with Crippen LogP contribution in [0.3, 0.4) is 0 Å².